The smallest absolute Gasteiger partial charge is 0.451 e. The summed E-state index contributed by atoms with van der Waals surface area (Å²) in [5.74, 6) is -3.42. The van der Waals surface area contributed by atoms with Crippen molar-refractivity contribution in [2.75, 3.05) is 12.5 Å². The Hall–Kier alpha value is -0.640. The Bertz CT molecular complexity index is 366. The van der Waals surface area contributed by atoms with Gasteiger partial charge in [-0.15, -0.1) is 15.5 Å². The van der Waals surface area contributed by atoms with Gasteiger partial charge in [0, 0.05) is 0 Å². The van der Waals surface area contributed by atoms with E-state index >= 15 is 0 Å². The molecule has 1 unspecified atom stereocenters. The van der Waals surface area contributed by atoms with E-state index < -0.39 is 39.9 Å². The zero-order valence-electron chi connectivity index (χ0n) is 7.22. The Morgan fingerprint density at radius 1 is 1.25 bits per heavy atom. The molecule has 4 nitrogen and oxygen atoms in total. The van der Waals surface area contributed by atoms with Crippen molar-refractivity contribution in [1.82, 2.24) is 0 Å². The third-order valence-electron chi connectivity index (χ3n) is 1.27. The summed E-state index contributed by atoms with van der Waals surface area (Å²) in [6.07, 6.45) is -6.29. The maximum Gasteiger partial charge on any atom is 0.451 e. The molecule has 0 heterocycles. The molecule has 0 aromatic heterocycles. The van der Waals surface area contributed by atoms with Crippen LogP contribution in [-0.2, 0) is 19.8 Å². The fourth-order valence-electron chi connectivity index (χ4n) is 0.578. The van der Waals surface area contributed by atoms with Gasteiger partial charge in [0.25, 0.3) is 0 Å². The van der Waals surface area contributed by atoms with Gasteiger partial charge in [0.2, 0.25) is 0 Å². The molecule has 11 heteroatoms. The molecule has 0 rings (SSSR count). The van der Waals surface area contributed by atoms with Gasteiger partial charge in [-0.05, 0) is 0 Å². The topological polar surface area (TPSA) is 60.4 Å². The van der Waals surface area contributed by atoms with Gasteiger partial charge in [-0.1, -0.05) is 0 Å². The van der Waals surface area contributed by atoms with Crippen LogP contribution in [0, 0.1) is 0 Å². The second kappa shape index (κ2) is 4.70. The minimum atomic E-state index is -6.86. The number of halogens is 6. The Balaban J connectivity index is 5.37. The largest absolute Gasteiger partial charge is 0.461 e. The first kappa shape index (κ1) is 15.4. The second-order valence-electron chi connectivity index (χ2n) is 2.36. The lowest BCUT2D eigenvalue weighted by Crippen LogP contribution is -2.53. The molecule has 0 aromatic carbocycles. The highest BCUT2D eigenvalue weighted by Crippen LogP contribution is 2.40. The molecule has 0 amide bonds. The van der Waals surface area contributed by atoms with Gasteiger partial charge in [-0.2, -0.15) is 21.6 Å². The molecule has 0 saturated heterocycles. The lowest BCUT2D eigenvalue weighted by Gasteiger charge is -2.21. The molecule has 0 aliphatic heterocycles. The highest BCUT2D eigenvalue weighted by Gasteiger charge is 2.73. The molecule has 0 radical (unpaired) electrons. The predicted molar refractivity (Wildman–Crippen MR) is 41.6 cm³/mol. The lowest BCUT2D eigenvalue weighted by atomic mass is 10.4. The number of carbonyl (C=O) groups excluding carboxylic acids is 1. The fourth-order valence-corrected chi connectivity index (χ4v) is 1.19. The Kier molecular flexibility index (Phi) is 4.51. The van der Waals surface area contributed by atoms with E-state index in [1.165, 1.54) is 0 Å². The number of hydrogen-bond donors (Lipinski definition) is 0. The van der Waals surface area contributed by atoms with Crippen LogP contribution in [0.4, 0.5) is 21.4 Å². The van der Waals surface area contributed by atoms with Gasteiger partial charge in [-0.3, -0.25) is 0 Å². The molecule has 0 fully saturated rings. The minimum absolute atomic E-state index is 0.508. The van der Waals surface area contributed by atoms with Crippen LogP contribution in [0.25, 0.3) is 0 Å². The van der Waals surface area contributed by atoms with Crippen LogP contribution < -0.4 is 0 Å². The van der Waals surface area contributed by atoms with Crippen molar-refractivity contribution in [2.24, 2.45) is 0 Å². The highest BCUT2D eigenvalue weighted by atomic mass is 35.5. The fraction of sp³-hybridized carbons (Fsp3) is 0.800. The van der Waals surface area contributed by atoms with Crippen LogP contribution in [0.5, 0.6) is 0 Å². The van der Waals surface area contributed by atoms with Gasteiger partial charge in [-0.25, -0.2) is 9.18 Å². The van der Waals surface area contributed by atoms with E-state index in [4.69, 9.17) is 11.6 Å². The Morgan fingerprint density at radius 2 is 1.69 bits per heavy atom. The maximum absolute atomic E-state index is 12.9. The van der Waals surface area contributed by atoms with E-state index in [9.17, 15) is 34.7 Å². The van der Waals surface area contributed by atoms with Crippen LogP contribution in [0.2, 0.25) is 0 Å². The van der Waals surface area contributed by atoms with Crippen molar-refractivity contribution < 1.29 is 39.4 Å². The predicted octanol–water partition coefficient (Wildman–Crippen LogP) is 1.30. The van der Waals surface area contributed by atoms with E-state index in [2.05, 4.69) is 4.74 Å². The van der Waals surface area contributed by atoms with Gasteiger partial charge in [0.05, 0.1) is 5.88 Å². The summed E-state index contributed by atoms with van der Waals surface area (Å²) in [6.45, 7) is -0.891. The quantitative estimate of drug-likeness (QED) is 0.339. The van der Waals surface area contributed by atoms with E-state index in [-0.39, 0.29) is 0 Å². The zero-order valence-corrected chi connectivity index (χ0v) is 8.80. The second-order valence-corrected chi connectivity index (χ2v) is 4.17. The summed E-state index contributed by atoms with van der Waals surface area (Å²) in [5, 5.41) is -5.73. The molecular formula is C5H4ClF5O4S. The van der Waals surface area contributed by atoms with Crippen LogP contribution >= 0.6 is 11.6 Å². The third kappa shape index (κ3) is 2.73. The summed E-state index contributed by atoms with van der Waals surface area (Å²) >= 11 is 4.90. The normalized spacial score (nSPS) is 16.6. The number of carbonyl (C=O) groups is 1. The molecule has 1 atom stereocenters. The Morgan fingerprint density at radius 3 is 1.94 bits per heavy atom. The minimum Gasteiger partial charge on any atom is -0.461 e. The van der Waals surface area contributed by atoms with Gasteiger partial charge >= 0.3 is 27.4 Å². The molecule has 0 spiro atoms. The van der Waals surface area contributed by atoms with Crippen LogP contribution in [0.3, 0.4) is 0 Å². The average molecular weight is 291 g/mol. The van der Waals surface area contributed by atoms with Crippen LogP contribution in [-0.4, -0.2) is 38.1 Å². The number of hydrogen-bond acceptors (Lipinski definition) is 4. The molecule has 0 aliphatic rings. The van der Waals surface area contributed by atoms with Crippen molar-refractivity contribution in [1.29, 1.82) is 0 Å². The van der Waals surface area contributed by atoms with Gasteiger partial charge in [0.15, 0.2) is 0 Å². The summed E-state index contributed by atoms with van der Waals surface area (Å²) in [6, 6.07) is 0. The molecule has 16 heavy (non-hydrogen) atoms. The van der Waals surface area contributed by atoms with Crippen molar-refractivity contribution in [2.45, 2.75) is 11.2 Å². The SMILES string of the molecule is O=C(OCCCl)C(F)(C(F)(F)F)S(=O)(=O)F. The molecule has 0 bridgehead atoms. The first-order chi connectivity index (χ1) is 6.98. The van der Waals surface area contributed by atoms with E-state index in [0.29, 0.717) is 0 Å². The summed E-state index contributed by atoms with van der Waals surface area (Å²) < 4.78 is 84.5. The third-order valence-corrected chi connectivity index (χ3v) is 2.50. The molecule has 0 aliphatic carbocycles. The van der Waals surface area contributed by atoms with Crippen molar-refractivity contribution in [3.63, 3.8) is 0 Å². The number of esters is 1. The van der Waals surface area contributed by atoms with Crippen molar-refractivity contribution in [3.8, 4) is 0 Å². The average Bonchev–Trinajstić information content (AvgIpc) is 2.08. The molecule has 0 aromatic rings. The van der Waals surface area contributed by atoms with Crippen LogP contribution in [0.1, 0.15) is 0 Å². The first-order valence-electron chi connectivity index (χ1n) is 3.41. The maximum atomic E-state index is 12.9. The molecule has 0 N–H and O–H groups in total. The van der Waals surface area contributed by atoms with E-state index in [1.54, 1.807) is 0 Å². The summed E-state index contributed by atoms with van der Waals surface area (Å²) in [5.41, 5.74) is 0. The number of rotatable bonds is 4. The first-order valence-corrected chi connectivity index (χ1v) is 5.33. The zero-order chi connectivity index (χ0) is 13.2. The van der Waals surface area contributed by atoms with E-state index in [0.717, 1.165) is 0 Å². The summed E-state index contributed by atoms with van der Waals surface area (Å²) in [7, 11) is -6.86. The number of alkyl halides is 5. The van der Waals surface area contributed by atoms with Crippen molar-refractivity contribution >= 4 is 27.8 Å². The molecule has 0 saturated carbocycles. The standard InChI is InChI=1S/C5H4ClF5O4S/c6-1-2-15-3(12)4(7,5(8,9)10)16(11,13)14/h1-2H2. The Labute approximate surface area is 91.5 Å². The number of ether oxygens (including phenoxy) is 1. The summed E-state index contributed by atoms with van der Waals surface area (Å²) in [4.78, 5) is 10.5. The monoisotopic (exact) mass is 290 g/mol. The van der Waals surface area contributed by atoms with Gasteiger partial charge in [0.1, 0.15) is 6.61 Å². The highest BCUT2D eigenvalue weighted by molar-refractivity contribution is 7.88. The molecular weight excluding hydrogens is 287 g/mol. The van der Waals surface area contributed by atoms with E-state index in [1.807, 2.05) is 0 Å². The molecule has 96 valence electrons. The van der Waals surface area contributed by atoms with Gasteiger partial charge < -0.3 is 4.74 Å². The van der Waals surface area contributed by atoms with Crippen LogP contribution in [0.15, 0.2) is 0 Å². The van der Waals surface area contributed by atoms with Crippen molar-refractivity contribution in [3.05, 3.63) is 0 Å². The lowest BCUT2D eigenvalue weighted by molar-refractivity contribution is -0.214.